The normalized spacial score (nSPS) is 16.3. The summed E-state index contributed by atoms with van der Waals surface area (Å²) >= 11 is 0. The summed E-state index contributed by atoms with van der Waals surface area (Å²) in [6.07, 6.45) is -7.74. The Kier molecular flexibility index (Phi) is 6.23. The molecule has 0 saturated carbocycles. The van der Waals surface area contributed by atoms with Crippen LogP contribution in [0, 0.1) is 0 Å². The van der Waals surface area contributed by atoms with Crippen LogP contribution in [0.1, 0.15) is 22.7 Å². The topological polar surface area (TPSA) is 41.6 Å². The number of nitrogens with zero attached hydrogens (tertiary/aromatic N) is 1. The van der Waals surface area contributed by atoms with Crippen molar-refractivity contribution in [3.8, 4) is 5.75 Å². The highest BCUT2D eigenvalue weighted by molar-refractivity contribution is 6.11. The third-order valence-corrected chi connectivity index (χ3v) is 5.43. The molecule has 1 heterocycles. The van der Waals surface area contributed by atoms with Gasteiger partial charge in [0.2, 0.25) is 0 Å². The molecule has 3 aromatic carbocycles. The van der Waals surface area contributed by atoms with Crippen molar-refractivity contribution in [3.05, 3.63) is 101 Å². The Bertz CT molecular complexity index is 1270. The quantitative estimate of drug-likeness (QED) is 0.398. The van der Waals surface area contributed by atoms with Gasteiger partial charge in [0.05, 0.1) is 24.3 Å². The fourth-order valence-corrected chi connectivity index (χ4v) is 3.74. The predicted molar refractivity (Wildman–Crippen MR) is 118 cm³/mol. The van der Waals surface area contributed by atoms with E-state index in [-0.39, 0.29) is 17.1 Å². The molecule has 0 aromatic heterocycles. The van der Waals surface area contributed by atoms with E-state index in [2.05, 4.69) is 5.32 Å². The number of halogens is 6. The number of carbonyl (C=O) groups is 1. The third-order valence-electron chi connectivity index (χ3n) is 5.43. The number of carbonyl (C=O) groups excluding carboxylic acids is 1. The average molecular weight is 492 g/mol. The Hall–Kier alpha value is -3.95. The molecule has 10 heteroatoms. The summed E-state index contributed by atoms with van der Waals surface area (Å²) in [6, 6.07) is 14.4. The number of anilines is 2. The van der Waals surface area contributed by atoms with Gasteiger partial charge in [-0.2, -0.15) is 26.3 Å². The molecule has 0 unspecified atom stereocenters. The molecule has 0 saturated heterocycles. The summed E-state index contributed by atoms with van der Waals surface area (Å²) < 4.78 is 84.4. The van der Waals surface area contributed by atoms with Crippen molar-refractivity contribution in [3.63, 3.8) is 0 Å². The lowest BCUT2D eigenvalue weighted by Gasteiger charge is -2.26. The van der Waals surface area contributed by atoms with Gasteiger partial charge >= 0.3 is 12.4 Å². The lowest BCUT2D eigenvalue weighted by atomic mass is 10.1. The van der Waals surface area contributed by atoms with Crippen molar-refractivity contribution in [1.82, 2.24) is 0 Å². The smallest absolute Gasteiger partial charge is 0.416 e. The molecule has 0 fully saturated rings. The predicted octanol–water partition coefficient (Wildman–Crippen LogP) is 6.82. The molecular weight excluding hydrogens is 474 g/mol. The Morgan fingerprint density at radius 2 is 1.43 bits per heavy atom. The zero-order valence-electron chi connectivity index (χ0n) is 18.1. The van der Waals surface area contributed by atoms with Gasteiger partial charge in [0.1, 0.15) is 11.4 Å². The minimum Gasteiger partial charge on any atom is -0.497 e. The standard InChI is InChI=1S/C25H18F6N2O2/c1-35-20-10-8-15(9-11-20)22-14-21(32-18-6-2-4-16(12-18)24(26,27)28)23(34)33(22)19-7-3-5-17(13-19)25(29,30)31/h2-14,22,32H,1H3/t22-/m1/s1. The van der Waals surface area contributed by atoms with Gasteiger partial charge in [-0.15, -0.1) is 0 Å². The molecule has 1 aliphatic rings. The van der Waals surface area contributed by atoms with Crippen molar-refractivity contribution >= 4 is 17.3 Å². The van der Waals surface area contributed by atoms with E-state index in [1.807, 2.05) is 0 Å². The highest BCUT2D eigenvalue weighted by Gasteiger charge is 2.37. The SMILES string of the molecule is COc1ccc([C@H]2C=C(Nc3cccc(C(F)(F)F)c3)C(=O)N2c2cccc(C(F)(F)F)c2)cc1. The van der Waals surface area contributed by atoms with Crippen LogP contribution in [0.5, 0.6) is 5.75 Å². The minimum atomic E-state index is -4.62. The third kappa shape index (κ3) is 5.11. The van der Waals surface area contributed by atoms with Crippen molar-refractivity contribution < 1.29 is 35.9 Å². The van der Waals surface area contributed by atoms with Gasteiger partial charge in [0, 0.05) is 11.4 Å². The van der Waals surface area contributed by atoms with Crippen LogP contribution >= 0.6 is 0 Å². The summed E-state index contributed by atoms with van der Waals surface area (Å²) in [5, 5.41) is 2.69. The van der Waals surface area contributed by atoms with E-state index in [9.17, 15) is 31.1 Å². The molecule has 1 amide bonds. The van der Waals surface area contributed by atoms with Crippen molar-refractivity contribution in [2.45, 2.75) is 18.4 Å². The number of hydrogen-bond donors (Lipinski definition) is 1. The molecule has 35 heavy (non-hydrogen) atoms. The molecule has 0 spiro atoms. The minimum absolute atomic E-state index is 0.0114. The van der Waals surface area contributed by atoms with Crippen LogP contribution in [0.3, 0.4) is 0 Å². The lowest BCUT2D eigenvalue weighted by Crippen LogP contribution is -2.31. The van der Waals surface area contributed by atoms with Crippen LogP contribution in [0.4, 0.5) is 37.7 Å². The molecule has 3 aromatic rings. The number of nitrogens with one attached hydrogen (secondary N) is 1. The van der Waals surface area contributed by atoms with Crippen LogP contribution in [-0.4, -0.2) is 13.0 Å². The fraction of sp³-hybridized carbons (Fsp3) is 0.160. The van der Waals surface area contributed by atoms with E-state index in [0.29, 0.717) is 11.3 Å². The van der Waals surface area contributed by atoms with Crippen LogP contribution in [0.25, 0.3) is 0 Å². The molecule has 182 valence electrons. The van der Waals surface area contributed by atoms with Gasteiger partial charge in [0.25, 0.3) is 5.91 Å². The van der Waals surface area contributed by atoms with Gasteiger partial charge in [-0.3, -0.25) is 9.69 Å². The molecule has 1 aliphatic heterocycles. The second-order valence-corrected chi connectivity index (χ2v) is 7.73. The Balaban J connectivity index is 1.74. The number of ether oxygens (including phenoxy) is 1. The Morgan fingerprint density at radius 3 is 2.03 bits per heavy atom. The molecule has 4 rings (SSSR count). The number of amides is 1. The van der Waals surface area contributed by atoms with Gasteiger partial charge in [-0.1, -0.05) is 24.3 Å². The molecular formula is C25H18F6N2O2. The number of methoxy groups -OCH3 is 1. The van der Waals surface area contributed by atoms with Crippen molar-refractivity contribution in [2.75, 3.05) is 17.3 Å². The molecule has 0 radical (unpaired) electrons. The lowest BCUT2D eigenvalue weighted by molar-refractivity contribution is -0.138. The molecule has 4 nitrogen and oxygen atoms in total. The largest absolute Gasteiger partial charge is 0.497 e. The second kappa shape index (κ2) is 9.01. The first-order valence-corrected chi connectivity index (χ1v) is 10.3. The summed E-state index contributed by atoms with van der Waals surface area (Å²) in [5.41, 5.74) is -1.34. The number of benzene rings is 3. The summed E-state index contributed by atoms with van der Waals surface area (Å²) in [4.78, 5) is 14.5. The molecule has 1 atom stereocenters. The second-order valence-electron chi connectivity index (χ2n) is 7.73. The zero-order valence-corrected chi connectivity index (χ0v) is 18.1. The average Bonchev–Trinajstić information content (AvgIpc) is 3.14. The first kappa shape index (κ1) is 24.2. The van der Waals surface area contributed by atoms with Crippen molar-refractivity contribution in [2.24, 2.45) is 0 Å². The Labute approximate surface area is 196 Å². The maximum atomic E-state index is 13.3. The van der Waals surface area contributed by atoms with Gasteiger partial charge in [-0.25, -0.2) is 0 Å². The summed E-state index contributed by atoms with van der Waals surface area (Å²) in [5.74, 6) is -0.155. The number of rotatable bonds is 5. The monoisotopic (exact) mass is 492 g/mol. The molecule has 0 bridgehead atoms. The van der Waals surface area contributed by atoms with Crippen LogP contribution < -0.4 is 15.0 Å². The maximum Gasteiger partial charge on any atom is 0.416 e. The number of hydrogen-bond acceptors (Lipinski definition) is 3. The van der Waals surface area contributed by atoms with E-state index in [1.54, 1.807) is 24.3 Å². The highest BCUT2D eigenvalue weighted by atomic mass is 19.4. The first-order chi connectivity index (χ1) is 16.5. The zero-order chi connectivity index (χ0) is 25.4. The van der Waals surface area contributed by atoms with Crippen LogP contribution in [-0.2, 0) is 17.1 Å². The van der Waals surface area contributed by atoms with Crippen molar-refractivity contribution in [1.29, 1.82) is 0 Å². The maximum absolute atomic E-state index is 13.3. The summed E-state index contributed by atoms with van der Waals surface area (Å²) in [7, 11) is 1.47. The molecule has 1 N–H and O–H groups in total. The van der Waals surface area contributed by atoms with E-state index < -0.39 is 35.4 Å². The first-order valence-electron chi connectivity index (χ1n) is 10.3. The van der Waals surface area contributed by atoms with Gasteiger partial charge < -0.3 is 10.1 Å². The van der Waals surface area contributed by atoms with E-state index in [0.717, 1.165) is 29.2 Å². The van der Waals surface area contributed by atoms with Gasteiger partial charge in [-0.05, 0) is 60.2 Å². The molecule has 0 aliphatic carbocycles. The van der Waals surface area contributed by atoms with Gasteiger partial charge in [0.15, 0.2) is 0 Å². The van der Waals surface area contributed by atoms with Crippen LogP contribution in [0.2, 0.25) is 0 Å². The van der Waals surface area contributed by atoms with E-state index in [4.69, 9.17) is 4.74 Å². The highest BCUT2D eigenvalue weighted by Crippen LogP contribution is 2.39. The Morgan fingerprint density at radius 1 is 0.829 bits per heavy atom. The van der Waals surface area contributed by atoms with E-state index >= 15 is 0 Å². The summed E-state index contributed by atoms with van der Waals surface area (Å²) in [6.45, 7) is 0. The van der Waals surface area contributed by atoms with E-state index in [1.165, 1.54) is 37.5 Å². The fourth-order valence-electron chi connectivity index (χ4n) is 3.74. The number of alkyl halides is 6. The van der Waals surface area contributed by atoms with Crippen LogP contribution in [0.15, 0.2) is 84.6 Å².